The minimum Gasteiger partial charge on any atom is -0.493 e. The maximum Gasteiger partial charge on any atom is 0.387 e. The number of alkyl halides is 2. The van der Waals surface area contributed by atoms with Gasteiger partial charge in [-0.1, -0.05) is 6.07 Å². The van der Waals surface area contributed by atoms with Crippen LogP contribution in [0.15, 0.2) is 42.5 Å². The van der Waals surface area contributed by atoms with Gasteiger partial charge in [-0.05, 0) is 36.4 Å². The Morgan fingerprint density at radius 2 is 1.40 bits per heavy atom. The van der Waals surface area contributed by atoms with E-state index in [1.54, 1.807) is 34.1 Å². The van der Waals surface area contributed by atoms with Crippen molar-refractivity contribution in [1.82, 2.24) is 9.80 Å². The topological polar surface area (TPSA) is 68.3 Å². The number of hydrogen-bond donors (Lipinski definition) is 0. The highest BCUT2D eigenvalue weighted by Crippen LogP contribution is 2.28. The third-order valence-electron chi connectivity index (χ3n) is 4.79. The van der Waals surface area contributed by atoms with Gasteiger partial charge >= 0.3 is 6.61 Å². The standard InChI is InChI=1S/C21H22F2N2O5/c1-28-17-7-6-15(13-18(17)29-2)20(27)25-10-8-24(9-11-25)19(26)14-4-3-5-16(12-14)30-21(22)23/h3-7,12-13,21H,8-11H2,1-2H3. The van der Waals surface area contributed by atoms with Crippen molar-refractivity contribution < 1.29 is 32.6 Å². The van der Waals surface area contributed by atoms with Gasteiger partial charge in [-0.25, -0.2) is 0 Å². The molecule has 0 saturated carbocycles. The van der Waals surface area contributed by atoms with Crippen LogP contribution in [-0.4, -0.2) is 68.6 Å². The van der Waals surface area contributed by atoms with E-state index < -0.39 is 6.61 Å². The van der Waals surface area contributed by atoms with E-state index in [0.717, 1.165) is 0 Å². The summed E-state index contributed by atoms with van der Waals surface area (Å²) in [5.41, 5.74) is 0.720. The predicted octanol–water partition coefficient (Wildman–Crippen LogP) is 2.90. The van der Waals surface area contributed by atoms with E-state index in [2.05, 4.69) is 4.74 Å². The van der Waals surface area contributed by atoms with Gasteiger partial charge in [0.05, 0.1) is 14.2 Å². The van der Waals surface area contributed by atoms with Crippen molar-refractivity contribution in [2.45, 2.75) is 6.61 Å². The van der Waals surface area contributed by atoms with E-state index in [0.29, 0.717) is 43.2 Å². The Morgan fingerprint density at radius 3 is 1.93 bits per heavy atom. The smallest absolute Gasteiger partial charge is 0.387 e. The summed E-state index contributed by atoms with van der Waals surface area (Å²) >= 11 is 0. The van der Waals surface area contributed by atoms with Gasteiger partial charge in [0.25, 0.3) is 11.8 Å². The van der Waals surface area contributed by atoms with Crippen LogP contribution in [0.4, 0.5) is 8.78 Å². The zero-order chi connectivity index (χ0) is 21.7. The van der Waals surface area contributed by atoms with Crippen molar-refractivity contribution in [3.05, 3.63) is 53.6 Å². The second-order valence-electron chi connectivity index (χ2n) is 6.56. The van der Waals surface area contributed by atoms with Crippen LogP contribution in [0.5, 0.6) is 17.2 Å². The second kappa shape index (κ2) is 9.43. The highest BCUT2D eigenvalue weighted by atomic mass is 19.3. The molecule has 2 amide bonds. The number of carbonyl (C=O) groups is 2. The van der Waals surface area contributed by atoms with Gasteiger partial charge in [0.15, 0.2) is 11.5 Å². The van der Waals surface area contributed by atoms with E-state index in [4.69, 9.17) is 9.47 Å². The lowest BCUT2D eigenvalue weighted by Gasteiger charge is -2.35. The average molecular weight is 420 g/mol. The number of amides is 2. The number of nitrogens with zero attached hydrogens (tertiary/aromatic N) is 2. The zero-order valence-corrected chi connectivity index (χ0v) is 16.6. The molecule has 160 valence electrons. The van der Waals surface area contributed by atoms with E-state index >= 15 is 0 Å². The van der Waals surface area contributed by atoms with Crippen LogP contribution in [0.25, 0.3) is 0 Å². The van der Waals surface area contributed by atoms with E-state index in [9.17, 15) is 18.4 Å². The number of benzene rings is 2. The summed E-state index contributed by atoms with van der Waals surface area (Å²) in [4.78, 5) is 28.7. The number of ether oxygens (including phenoxy) is 3. The summed E-state index contributed by atoms with van der Waals surface area (Å²) < 4.78 is 39.5. The number of halogens is 2. The summed E-state index contributed by atoms with van der Waals surface area (Å²) in [6.45, 7) is -1.59. The number of piperazine rings is 1. The molecule has 0 aromatic heterocycles. The number of methoxy groups -OCH3 is 2. The van der Waals surface area contributed by atoms with Crippen molar-refractivity contribution in [2.24, 2.45) is 0 Å². The molecular weight excluding hydrogens is 398 g/mol. The number of hydrogen-bond acceptors (Lipinski definition) is 5. The summed E-state index contributed by atoms with van der Waals surface area (Å²) in [6.07, 6.45) is 0. The molecule has 2 aromatic carbocycles. The van der Waals surface area contributed by atoms with Gasteiger partial charge in [-0.2, -0.15) is 8.78 Å². The Kier molecular flexibility index (Phi) is 6.71. The van der Waals surface area contributed by atoms with Gasteiger partial charge in [0.1, 0.15) is 5.75 Å². The molecule has 1 fully saturated rings. The maximum absolute atomic E-state index is 12.8. The molecule has 9 heteroatoms. The Bertz CT molecular complexity index is 914. The van der Waals surface area contributed by atoms with Crippen LogP contribution in [0.3, 0.4) is 0 Å². The molecule has 30 heavy (non-hydrogen) atoms. The van der Waals surface area contributed by atoms with Crippen molar-refractivity contribution >= 4 is 11.8 Å². The Morgan fingerprint density at radius 1 is 0.833 bits per heavy atom. The van der Waals surface area contributed by atoms with Crippen molar-refractivity contribution in [2.75, 3.05) is 40.4 Å². The number of rotatable bonds is 6. The predicted molar refractivity (Wildman–Crippen MR) is 104 cm³/mol. The molecule has 0 unspecified atom stereocenters. The van der Waals surface area contributed by atoms with Gasteiger partial charge in [-0.3, -0.25) is 9.59 Å². The van der Waals surface area contributed by atoms with E-state index in [1.807, 2.05) is 0 Å². The SMILES string of the molecule is COc1ccc(C(=O)N2CCN(C(=O)c3cccc(OC(F)F)c3)CC2)cc1OC. The molecule has 0 aliphatic carbocycles. The van der Waals surface area contributed by atoms with E-state index in [-0.39, 0.29) is 23.1 Å². The zero-order valence-electron chi connectivity index (χ0n) is 16.6. The first-order chi connectivity index (χ1) is 14.4. The summed E-state index contributed by atoms with van der Waals surface area (Å²) in [5.74, 6) is 0.451. The van der Waals surface area contributed by atoms with Crippen LogP contribution < -0.4 is 14.2 Å². The van der Waals surface area contributed by atoms with Crippen LogP contribution >= 0.6 is 0 Å². The molecule has 2 aromatic rings. The second-order valence-corrected chi connectivity index (χ2v) is 6.56. The molecule has 0 N–H and O–H groups in total. The van der Waals surface area contributed by atoms with Crippen LogP contribution in [0, 0.1) is 0 Å². The van der Waals surface area contributed by atoms with Crippen molar-refractivity contribution in [3.8, 4) is 17.2 Å². The first-order valence-corrected chi connectivity index (χ1v) is 9.28. The van der Waals surface area contributed by atoms with Crippen molar-refractivity contribution in [3.63, 3.8) is 0 Å². The lowest BCUT2D eigenvalue weighted by atomic mass is 10.1. The average Bonchev–Trinajstić information content (AvgIpc) is 2.77. The third kappa shape index (κ3) is 4.79. The fourth-order valence-corrected chi connectivity index (χ4v) is 3.25. The van der Waals surface area contributed by atoms with Gasteiger partial charge in [-0.15, -0.1) is 0 Å². The Balaban J connectivity index is 1.63. The largest absolute Gasteiger partial charge is 0.493 e. The molecular formula is C21H22F2N2O5. The van der Waals surface area contributed by atoms with Gasteiger partial charge in [0.2, 0.25) is 0 Å². The summed E-state index contributed by atoms with van der Waals surface area (Å²) in [7, 11) is 3.02. The number of carbonyl (C=O) groups excluding carboxylic acids is 2. The van der Waals surface area contributed by atoms with E-state index in [1.165, 1.54) is 32.4 Å². The molecule has 0 bridgehead atoms. The Hall–Kier alpha value is -3.36. The van der Waals surface area contributed by atoms with Crippen LogP contribution in [0.1, 0.15) is 20.7 Å². The molecule has 7 nitrogen and oxygen atoms in total. The molecule has 1 saturated heterocycles. The van der Waals surface area contributed by atoms with Gasteiger partial charge in [0, 0.05) is 37.3 Å². The first kappa shape index (κ1) is 21.4. The molecule has 1 aliphatic heterocycles. The fourth-order valence-electron chi connectivity index (χ4n) is 3.25. The normalized spacial score (nSPS) is 13.9. The quantitative estimate of drug-likeness (QED) is 0.719. The lowest BCUT2D eigenvalue weighted by Crippen LogP contribution is -2.50. The molecule has 1 aliphatic rings. The highest BCUT2D eigenvalue weighted by Gasteiger charge is 2.26. The van der Waals surface area contributed by atoms with Crippen LogP contribution in [0.2, 0.25) is 0 Å². The Labute approximate surface area is 172 Å². The third-order valence-corrected chi connectivity index (χ3v) is 4.79. The molecule has 0 spiro atoms. The molecule has 0 atom stereocenters. The van der Waals surface area contributed by atoms with Crippen molar-refractivity contribution in [1.29, 1.82) is 0 Å². The summed E-state index contributed by atoms with van der Waals surface area (Å²) in [5, 5.41) is 0. The monoisotopic (exact) mass is 420 g/mol. The molecule has 3 rings (SSSR count). The minimum absolute atomic E-state index is 0.0712. The lowest BCUT2D eigenvalue weighted by molar-refractivity contribution is -0.0499. The fraction of sp³-hybridized carbons (Fsp3) is 0.333. The summed E-state index contributed by atoms with van der Waals surface area (Å²) in [6, 6.07) is 10.6. The maximum atomic E-state index is 12.8. The first-order valence-electron chi connectivity index (χ1n) is 9.28. The molecule has 1 heterocycles. The van der Waals surface area contributed by atoms with Gasteiger partial charge < -0.3 is 24.0 Å². The van der Waals surface area contributed by atoms with Crippen LogP contribution in [-0.2, 0) is 0 Å². The molecule has 0 radical (unpaired) electrons. The highest BCUT2D eigenvalue weighted by molar-refractivity contribution is 5.96. The minimum atomic E-state index is -2.96.